The van der Waals surface area contributed by atoms with Gasteiger partial charge in [0.25, 0.3) is 0 Å². The number of phenols is 2. The van der Waals surface area contributed by atoms with E-state index in [1.807, 2.05) is 0 Å². The van der Waals surface area contributed by atoms with Crippen LogP contribution in [0.4, 0.5) is 0 Å². The zero-order valence-corrected chi connectivity index (χ0v) is 7.99. The average Bonchev–Trinajstić information content (AvgIpc) is 2.29. The summed E-state index contributed by atoms with van der Waals surface area (Å²) >= 11 is 0. The van der Waals surface area contributed by atoms with Crippen molar-refractivity contribution in [1.29, 1.82) is 0 Å². The van der Waals surface area contributed by atoms with Crippen molar-refractivity contribution >= 4 is 11.7 Å². The van der Waals surface area contributed by atoms with E-state index in [9.17, 15) is 10.2 Å². The van der Waals surface area contributed by atoms with E-state index in [1.54, 1.807) is 0 Å². The minimum Gasteiger partial charge on any atom is -0.507 e. The normalized spacial score (nSPS) is 12.8. The fraction of sp³-hybridized carbons (Fsp3) is 0. The quantitative estimate of drug-likeness (QED) is 0.128. The lowest BCUT2D eigenvalue weighted by Crippen LogP contribution is -2.22. The Hall–Kier alpha value is -2.64. The molecule has 0 fully saturated rings. The summed E-state index contributed by atoms with van der Waals surface area (Å²) in [7, 11) is 0. The first-order chi connectivity index (χ1) is 7.52. The van der Waals surface area contributed by atoms with Crippen LogP contribution >= 0.6 is 0 Å². The van der Waals surface area contributed by atoms with Gasteiger partial charge in [-0.1, -0.05) is 10.3 Å². The van der Waals surface area contributed by atoms with Crippen LogP contribution in [0.1, 0.15) is 11.1 Å². The summed E-state index contributed by atoms with van der Waals surface area (Å²) in [4.78, 5) is 0. The number of nitrogens with zero attached hydrogens (tertiary/aromatic N) is 2. The van der Waals surface area contributed by atoms with Crippen molar-refractivity contribution in [3.8, 4) is 11.5 Å². The molecule has 1 aromatic rings. The Morgan fingerprint density at radius 1 is 0.875 bits per heavy atom. The first-order valence-corrected chi connectivity index (χ1v) is 4.03. The Morgan fingerprint density at radius 3 is 1.44 bits per heavy atom. The molecule has 0 aliphatic carbocycles. The standard InChI is InChI=1S/C8H10N4O4/c9-7(11-15)5-3(13)1-2-4(14)6(5)8(10)12-16/h1-2,13-16H,(H2,9,11)(H2,10,12). The van der Waals surface area contributed by atoms with E-state index in [0.29, 0.717) is 0 Å². The van der Waals surface area contributed by atoms with Gasteiger partial charge in [0.2, 0.25) is 0 Å². The molecule has 0 heterocycles. The topological polar surface area (TPSA) is 158 Å². The fourth-order valence-electron chi connectivity index (χ4n) is 1.20. The van der Waals surface area contributed by atoms with E-state index in [2.05, 4.69) is 10.3 Å². The molecule has 8 nitrogen and oxygen atoms in total. The molecule has 0 amide bonds. The van der Waals surface area contributed by atoms with E-state index in [-0.39, 0.29) is 22.6 Å². The van der Waals surface area contributed by atoms with Gasteiger partial charge in [-0.15, -0.1) is 0 Å². The fourth-order valence-corrected chi connectivity index (χ4v) is 1.20. The highest BCUT2D eigenvalue weighted by Crippen LogP contribution is 2.28. The molecule has 0 aromatic heterocycles. The van der Waals surface area contributed by atoms with Gasteiger partial charge < -0.3 is 32.1 Å². The van der Waals surface area contributed by atoms with Crippen molar-refractivity contribution in [3.05, 3.63) is 23.3 Å². The first kappa shape index (κ1) is 11.4. The largest absolute Gasteiger partial charge is 0.507 e. The molecule has 86 valence electrons. The Labute approximate surface area is 89.7 Å². The van der Waals surface area contributed by atoms with Crippen LogP contribution in [0.5, 0.6) is 11.5 Å². The molecule has 1 rings (SSSR count). The molecule has 1 aromatic carbocycles. The molecule has 0 saturated heterocycles. The number of hydrogen-bond donors (Lipinski definition) is 6. The summed E-state index contributed by atoms with van der Waals surface area (Å²) in [6.07, 6.45) is 0. The molecule has 0 aliphatic heterocycles. The van der Waals surface area contributed by atoms with Crippen molar-refractivity contribution < 1.29 is 20.6 Å². The summed E-state index contributed by atoms with van der Waals surface area (Å²) < 4.78 is 0. The van der Waals surface area contributed by atoms with Gasteiger partial charge in [0, 0.05) is 0 Å². The lowest BCUT2D eigenvalue weighted by molar-refractivity contribution is 0.317. The molecule has 8 heteroatoms. The number of phenolic OH excluding ortho intramolecular Hbond substituents is 2. The summed E-state index contributed by atoms with van der Waals surface area (Å²) in [6, 6.07) is 2.24. The molecule has 0 bridgehead atoms. The van der Waals surface area contributed by atoms with Gasteiger partial charge in [0.05, 0.1) is 11.1 Å². The molecule has 0 unspecified atom stereocenters. The Bertz CT molecular complexity index is 426. The Morgan fingerprint density at radius 2 is 1.19 bits per heavy atom. The van der Waals surface area contributed by atoms with Gasteiger partial charge in [-0.2, -0.15) is 0 Å². The number of amidine groups is 2. The zero-order valence-electron chi connectivity index (χ0n) is 7.99. The molecule has 0 saturated carbocycles. The summed E-state index contributed by atoms with van der Waals surface area (Å²) in [5, 5.41) is 41.3. The van der Waals surface area contributed by atoms with Crippen LogP contribution in [0.3, 0.4) is 0 Å². The second kappa shape index (κ2) is 4.26. The van der Waals surface area contributed by atoms with Crippen LogP contribution in [-0.4, -0.2) is 32.3 Å². The number of nitrogens with two attached hydrogens (primary N) is 2. The molecular weight excluding hydrogens is 216 g/mol. The molecule has 0 radical (unpaired) electrons. The maximum absolute atomic E-state index is 9.49. The number of oxime groups is 2. The summed E-state index contributed by atoms with van der Waals surface area (Å²) in [5.74, 6) is -1.71. The van der Waals surface area contributed by atoms with E-state index in [4.69, 9.17) is 21.9 Å². The van der Waals surface area contributed by atoms with Crippen LogP contribution in [-0.2, 0) is 0 Å². The van der Waals surface area contributed by atoms with Crippen molar-refractivity contribution in [2.24, 2.45) is 21.8 Å². The van der Waals surface area contributed by atoms with Gasteiger partial charge in [-0.3, -0.25) is 0 Å². The average molecular weight is 226 g/mol. The number of rotatable bonds is 2. The molecule has 0 atom stereocenters. The van der Waals surface area contributed by atoms with Crippen molar-refractivity contribution in [1.82, 2.24) is 0 Å². The predicted molar refractivity (Wildman–Crippen MR) is 54.8 cm³/mol. The second-order valence-electron chi connectivity index (χ2n) is 2.82. The van der Waals surface area contributed by atoms with Crippen LogP contribution in [0, 0.1) is 0 Å². The van der Waals surface area contributed by atoms with Gasteiger partial charge in [-0.25, -0.2) is 0 Å². The van der Waals surface area contributed by atoms with Crippen LogP contribution in [0.15, 0.2) is 22.4 Å². The smallest absolute Gasteiger partial charge is 0.174 e. The Balaban J connectivity index is 3.62. The predicted octanol–water partition coefficient (Wildman–Crippen LogP) is -0.713. The van der Waals surface area contributed by atoms with Crippen molar-refractivity contribution in [2.45, 2.75) is 0 Å². The second-order valence-corrected chi connectivity index (χ2v) is 2.82. The minimum absolute atomic E-state index is 0.224. The third-order valence-corrected chi connectivity index (χ3v) is 1.89. The number of aromatic hydroxyl groups is 2. The molecule has 0 spiro atoms. The van der Waals surface area contributed by atoms with E-state index in [0.717, 1.165) is 12.1 Å². The van der Waals surface area contributed by atoms with Gasteiger partial charge in [0.15, 0.2) is 11.7 Å². The minimum atomic E-state index is -0.477. The number of benzene rings is 1. The monoisotopic (exact) mass is 226 g/mol. The Kier molecular flexibility index (Phi) is 3.04. The van der Waals surface area contributed by atoms with Crippen LogP contribution in [0.2, 0.25) is 0 Å². The van der Waals surface area contributed by atoms with Crippen LogP contribution < -0.4 is 11.5 Å². The third kappa shape index (κ3) is 1.75. The van der Waals surface area contributed by atoms with Crippen molar-refractivity contribution in [3.63, 3.8) is 0 Å². The highest BCUT2D eigenvalue weighted by molar-refractivity contribution is 6.12. The first-order valence-electron chi connectivity index (χ1n) is 4.03. The van der Waals surface area contributed by atoms with Crippen molar-refractivity contribution in [2.75, 3.05) is 0 Å². The zero-order chi connectivity index (χ0) is 12.3. The molecule has 8 N–H and O–H groups in total. The lowest BCUT2D eigenvalue weighted by atomic mass is 10.0. The summed E-state index contributed by atoms with van der Waals surface area (Å²) in [5.41, 5.74) is 10.1. The number of hydrogen-bond acceptors (Lipinski definition) is 6. The van der Waals surface area contributed by atoms with Gasteiger partial charge in [0.1, 0.15) is 11.5 Å². The SMILES string of the molecule is N/C(=N\O)c1c(O)ccc(O)c1/C(N)=N/O. The van der Waals surface area contributed by atoms with E-state index < -0.39 is 11.7 Å². The lowest BCUT2D eigenvalue weighted by Gasteiger charge is -2.10. The van der Waals surface area contributed by atoms with Gasteiger partial charge in [-0.05, 0) is 12.1 Å². The molecular formula is C8H10N4O4. The van der Waals surface area contributed by atoms with Gasteiger partial charge >= 0.3 is 0 Å². The molecule has 0 aliphatic rings. The third-order valence-electron chi connectivity index (χ3n) is 1.89. The molecule has 16 heavy (non-hydrogen) atoms. The van der Waals surface area contributed by atoms with E-state index >= 15 is 0 Å². The van der Waals surface area contributed by atoms with E-state index in [1.165, 1.54) is 0 Å². The maximum atomic E-state index is 9.49. The highest BCUT2D eigenvalue weighted by Gasteiger charge is 2.19. The maximum Gasteiger partial charge on any atom is 0.174 e. The summed E-state index contributed by atoms with van der Waals surface area (Å²) in [6.45, 7) is 0. The van der Waals surface area contributed by atoms with Crippen LogP contribution in [0.25, 0.3) is 0 Å². The highest BCUT2D eigenvalue weighted by atomic mass is 16.4.